The molecule has 9 heteroatoms. The molecule has 0 aliphatic heterocycles. The van der Waals surface area contributed by atoms with Gasteiger partial charge in [0.25, 0.3) is 5.91 Å². The minimum atomic E-state index is -0.400. The Bertz CT molecular complexity index is 1080. The Balaban J connectivity index is 2.12. The molecule has 1 aromatic carbocycles. The number of esters is 1. The number of aromatic nitrogens is 1. The molecule has 1 aromatic heterocycles. The maximum atomic E-state index is 13.1. The normalized spacial score (nSPS) is 13.6. The van der Waals surface area contributed by atoms with E-state index >= 15 is 0 Å². The third-order valence-electron chi connectivity index (χ3n) is 6.51. The first-order valence-corrected chi connectivity index (χ1v) is 14.0. The molecule has 0 saturated heterocycles. The number of carbonyl (C=O) groups is 4. The number of hydrogen-bond donors (Lipinski definition) is 1. The number of hydrogen-bond acceptors (Lipinski definition) is 7. The largest absolute Gasteiger partial charge is 0.469 e. The van der Waals surface area contributed by atoms with Crippen molar-refractivity contribution in [3.63, 3.8) is 0 Å². The van der Waals surface area contributed by atoms with Gasteiger partial charge >= 0.3 is 5.97 Å². The summed E-state index contributed by atoms with van der Waals surface area (Å²) in [6, 6.07) is 9.12. The van der Waals surface area contributed by atoms with Gasteiger partial charge in [0.1, 0.15) is 5.69 Å². The molecule has 0 bridgehead atoms. The quantitative estimate of drug-likeness (QED) is 0.271. The van der Waals surface area contributed by atoms with E-state index in [4.69, 9.17) is 4.74 Å². The standard InChI is InChI=1S/C29H41N3O5S/c1-18(2)13-26(34)32(6)24(19(3)4)16-25(33)28-31-23(17-38-28)27(35)30-22(14-20(5)29(36)37-7)15-21-11-9-8-10-12-21/h8-12,17-20,22,24H,13-16H2,1-7H3,(H,30,35). The summed E-state index contributed by atoms with van der Waals surface area (Å²) in [6.45, 7) is 9.72. The molecule has 1 heterocycles. The molecule has 3 unspecified atom stereocenters. The second-order valence-electron chi connectivity index (χ2n) is 10.6. The predicted octanol–water partition coefficient (Wildman–Crippen LogP) is 4.79. The number of nitrogens with one attached hydrogen (secondary N) is 1. The Hall–Kier alpha value is -3.07. The molecule has 38 heavy (non-hydrogen) atoms. The molecule has 8 nitrogen and oxygen atoms in total. The van der Waals surface area contributed by atoms with Crippen LogP contribution in [0.5, 0.6) is 0 Å². The average Bonchev–Trinajstić information content (AvgIpc) is 3.37. The van der Waals surface area contributed by atoms with Crippen LogP contribution in [0.25, 0.3) is 0 Å². The van der Waals surface area contributed by atoms with E-state index in [-0.39, 0.29) is 58.7 Å². The first-order valence-electron chi connectivity index (χ1n) is 13.1. The Morgan fingerprint density at radius 3 is 2.26 bits per heavy atom. The van der Waals surface area contributed by atoms with Gasteiger partial charge in [-0.3, -0.25) is 19.2 Å². The molecular weight excluding hydrogens is 502 g/mol. The van der Waals surface area contributed by atoms with Gasteiger partial charge in [-0.2, -0.15) is 0 Å². The van der Waals surface area contributed by atoms with Crippen LogP contribution in [0.2, 0.25) is 0 Å². The Kier molecular flexibility index (Phi) is 12.1. The smallest absolute Gasteiger partial charge is 0.308 e. The molecule has 2 rings (SSSR count). The van der Waals surface area contributed by atoms with E-state index in [1.54, 1.807) is 24.3 Å². The number of rotatable bonds is 14. The van der Waals surface area contributed by atoms with Crippen LogP contribution in [0.1, 0.15) is 79.7 Å². The van der Waals surface area contributed by atoms with Crippen LogP contribution in [0.4, 0.5) is 0 Å². The van der Waals surface area contributed by atoms with Gasteiger partial charge in [0.15, 0.2) is 10.8 Å². The van der Waals surface area contributed by atoms with Crippen LogP contribution < -0.4 is 5.32 Å². The van der Waals surface area contributed by atoms with Crippen molar-refractivity contribution in [2.75, 3.05) is 14.2 Å². The van der Waals surface area contributed by atoms with Crippen LogP contribution in [0.15, 0.2) is 35.7 Å². The lowest BCUT2D eigenvalue weighted by Gasteiger charge is -2.31. The number of amides is 2. The predicted molar refractivity (Wildman–Crippen MR) is 149 cm³/mol. The number of carbonyl (C=O) groups excluding carboxylic acids is 4. The molecule has 0 fully saturated rings. The highest BCUT2D eigenvalue weighted by molar-refractivity contribution is 7.11. The zero-order valence-corrected chi connectivity index (χ0v) is 24.3. The topological polar surface area (TPSA) is 106 Å². The van der Waals surface area contributed by atoms with Gasteiger partial charge in [-0.25, -0.2) is 4.98 Å². The number of nitrogens with zero attached hydrogens (tertiary/aromatic N) is 2. The monoisotopic (exact) mass is 543 g/mol. The number of benzene rings is 1. The van der Waals surface area contributed by atoms with Crippen LogP contribution in [0.3, 0.4) is 0 Å². The summed E-state index contributed by atoms with van der Waals surface area (Å²) in [5.74, 6) is -1.01. The van der Waals surface area contributed by atoms with Crippen molar-refractivity contribution in [3.8, 4) is 0 Å². The summed E-state index contributed by atoms with van der Waals surface area (Å²) < 4.78 is 4.86. The van der Waals surface area contributed by atoms with Gasteiger partial charge in [0.2, 0.25) is 5.91 Å². The van der Waals surface area contributed by atoms with Crippen molar-refractivity contribution in [2.24, 2.45) is 17.8 Å². The van der Waals surface area contributed by atoms with E-state index in [2.05, 4.69) is 10.3 Å². The lowest BCUT2D eigenvalue weighted by molar-refractivity contribution is -0.145. The highest BCUT2D eigenvalue weighted by atomic mass is 32.1. The van der Waals surface area contributed by atoms with Crippen LogP contribution in [0, 0.1) is 17.8 Å². The summed E-state index contributed by atoms with van der Waals surface area (Å²) in [6.07, 6.45) is 1.50. The zero-order valence-electron chi connectivity index (χ0n) is 23.5. The third-order valence-corrected chi connectivity index (χ3v) is 7.40. The van der Waals surface area contributed by atoms with Crippen LogP contribution >= 0.6 is 11.3 Å². The first-order chi connectivity index (χ1) is 17.9. The molecule has 208 valence electrons. The minimum absolute atomic E-state index is 0.0105. The van der Waals surface area contributed by atoms with Crippen molar-refractivity contribution < 1.29 is 23.9 Å². The fraction of sp³-hybridized carbons (Fsp3) is 0.552. The Labute approximate surface area is 230 Å². The molecule has 0 spiro atoms. The molecule has 2 amide bonds. The summed E-state index contributed by atoms with van der Waals surface area (Å²) in [4.78, 5) is 56.8. The number of methoxy groups -OCH3 is 1. The van der Waals surface area contributed by atoms with Crippen LogP contribution in [-0.2, 0) is 20.7 Å². The fourth-order valence-corrected chi connectivity index (χ4v) is 5.11. The summed E-state index contributed by atoms with van der Waals surface area (Å²) in [5, 5.41) is 4.80. The third kappa shape index (κ3) is 9.35. The highest BCUT2D eigenvalue weighted by Crippen LogP contribution is 2.21. The minimum Gasteiger partial charge on any atom is -0.469 e. The second-order valence-corrected chi connectivity index (χ2v) is 11.5. The Morgan fingerprint density at radius 2 is 1.68 bits per heavy atom. The molecule has 0 saturated carbocycles. The molecular formula is C29H41N3O5S. The summed E-state index contributed by atoms with van der Waals surface area (Å²) >= 11 is 1.12. The lowest BCUT2D eigenvalue weighted by atomic mass is 9.96. The molecule has 0 aliphatic rings. The van der Waals surface area contributed by atoms with Gasteiger partial charge in [0, 0.05) is 37.4 Å². The van der Waals surface area contributed by atoms with Crippen molar-refractivity contribution in [1.82, 2.24) is 15.2 Å². The number of Topliss-reactive ketones (excluding diaryl/α,β-unsaturated/α-hetero) is 1. The SMILES string of the molecule is COC(=O)C(C)CC(Cc1ccccc1)NC(=O)c1csc(C(=O)CC(C(C)C)N(C)C(=O)CC(C)C)n1. The second kappa shape index (κ2) is 14.8. The highest BCUT2D eigenvalue weighted by Gasteiger charge is 2.28. The maximum absolute atomic E-state index is 13.1. The first kappa shape index (κ1) is 31.1. The number of ketones is 1. The van der Waals surface area contributed by atoms with E-state index in [9.17, 15) is 19.2 Å². The van der Waals surface area contributed by atoms with Crippen molar-refractivity contribution >= 4 is 34.9 Å². The van der Waals surface area contributed by atoms with Gasteiger partial charge in [-0.15, -0.1) is 11.3 Å². The van der Waals surface area contributed by atoms with Gasteiger partial charge in [-0.1, -0.05) is 65.0 Å². The maximum Gasteiger partial charge on any atom is 0.308 e. The lowest BCUT2D eigenvalue weighted by Crippen LogP contribution is -2.42. The van der Waals surface area contributed by atoms with Crippen LogP contribution in [-0.4, -0.2) is 59.7 Å². The number of ether oxygens (including phenoxy) is 1. The molecule has 3 atom stereocenters. The molecule has 0 radical (unpaired) electrons. The van der Waals surface area contributed by atoms with Crippen molar-refractivity contribution in [2.45, 2.75) is 72.4 Å². The molecule has 1 N–H and O–H groups in total. The van der Waals surface area contributed by atoms with Gasteiger partial charge in [0.05, 0.1) is 13.0 Å². The molecule has 0 aliphatic carbocycles. The van der Waals surface area contributed by atoms with Crippen molar-refractivity contribution in [3.05, 3.63) is 52.0 Å². The van der Waals surface area contributed by atoms with Crippen molar-refractivity contribution in [1.29, 1.82) is 0 Å². The summed E-state index contributed by atoms with van der Waals surface area (Å²) in [5.41, 5.74) is 1.19. The zero-order chi connectivity index (χ0) is 28.4. The molecule has 2 aromatic rings. The average molecular weight is 544 g/mol. The van der Waals surface area contributed by atoms with E-state index in [1.807, 2.05) is 58.0 Å². The van der Waals surface area contributed by atoms with Gasteiger partial charge < -0.3 is 15.0 Å². The van der Waals surface area contributed by atoms with Gasteiger partial charge in [-0.05, 0) is 30.2 Å². The summed E-state index contributed by atoms with van der Waals surface area (Å²) in [7, 11) is 3.09. The fourth-order valence-electron chi connectivity index (χ4n) is 4.36. The van der Waals surface area contributed by atoms with E-state index in [0.29, 0.717) is 19.3 Å². The number of thiazole rings is 1. The van der Waals surface area contributed by atoms with E-state index in [0.717, 1.165) is 16.9 Å². The van der Waals surface area contributed by atoms with E-state index in [1.165, 1.54) is 7.11 Å². The van der Waals surface area contributed by atoms with E-state index < -0.39 is 11.8 Å². The Morgan fingerprint density at radius 1 is 1.03 bits per heavy atom.